The third kappa shape index (κ3) is 2.81. The maximum absolute atomic E-state index is 9.33. The Bertz CT molecular complexity index is 1410. The summed E-state index contributed by atoms with van der Waals surface area (Å²) in [5, 5.41) is 11.4. The second-order valence-corrected chi connectivity index (χ2v) is 6.85. The SMILES string of the molecule is COc1cc2cc(-c3ccccc3-n3cnc4ccccc43)ccc2cc1C#N. The number of methoxy groups -OCH3 is 1. The summed E-state index contributed by atoms with van der Waals surface area (Å²) in [5.41, 5.74) is 5.85. The lowest BCUT2D eigenvalue weighted by Crippen LogP contribution is -1.95. The molecule has 0 aliphatic rings. The molecule has 29 heavy (non-hydrogen) atoms. The number of aromatic nitrogens is 2. The van der Waals surface area contributed by atoms with Crippen molar-refractivity contribution in [2.24, 2.45) is 0 Å². The van der Waals surface area contributed by atoms with Crippen molar-refractivity contribution in [1.82, 2.24) is 9.55 Å². The largest absolute Gasteiger partial charge is 0.495 e. The van der Waals surface area contributed by atoms with Gasteiger partial charge in [-0.2, -0.15) is 5.26 Å². The lowest BCUT2D eigenvalue weighted by Gasteiger charge is -2.13. The van der Waals surface area contributed by atoms with E-state index in [-0.39, 0.29) is 0 Å². The van der Waals surface area contributed by atoms with E-state index in [2.05, 4.69) is 46.0 Å². The number of benzene rings is 4. The van der Waals surface area contributed by atoms with Crippen molar-refractivity contribution in [2.45, 2.75) is 0 Å². The molecule has 0 radical (unpaired) electrons. The fourth-order valence-electron chi connectivity index (χ4n) is 3.78. The molecule has 0 aliphatic heterocycles. The Labute approximate surface area is 168 Å². The summed E-state index contributed by atoms with van der Waals surface area (Å²) in [6, 6.07) is 28.7. The first-order valence-corrected chi connectivity index (χ1v) is 9.32. The van der Waals surface area contributed by atoms with E-state index in [4.69, 9.17) is 4.74 Å². The van der Waals surface area contributed by atoms with Crippen molar-refractivity contribution in [3.63, 3.8) is 0 Å². The number of rotatable bonds is 3. The van der Waals surface area contributed by atoms with Crippen LogP contribution in [0.3, 0.4) is 0 Å². The molecule has 0 bridgehead atoms. The van der Waals surface area contributed by atoms with Gasteiger partial charge in [0.1, 0.15) is 18.1 Å². The molecule has 0 aliphatic carbocycles. The van der Waals surface area contributed by atoms with Gasteiger partial charge in [0.05, 0.1) is 29.4 Å². The lowest BCUT2D eigenvalue weighted by atomic mass is 9.98. The fraction of sp³-hybridized carbons (Fsp3) is 0.0400. The van der Waals surface area contributed by atoms with Crippen LogP contribution < -0.4 is 4.74 Å². The minimum absolute atomic E-state index is 0.540. The molecule has 5 aromatic rings. The number of imidazole rings is 1. The van der Waals surface area contributed by atoms with Gasteiger partial charge < -0.3 is 4.74 Å². The number of fused-ring (bicyclic) bond motifs is 2. The molecule has 0 saturated heterocycles. The molecule has 0 fully saturated rings. The third-order valence-electron chi connectivity index (χ3n) is 5.21. The van der Waals surface area contributed by atoms with Gasteiger partial charge in [0, 0.05) is 5.56 Å². The van der Waals surface area contributed by atoms with Crippen LogP contribution in [0.4, 0.5) is 0 Å². The Morgan fingerprint density at radius 2 is 1.72 bits per heavy atom. The number of nitriles is 1. The van der Waals surface area contributed by atoms with Crippen LogP contribution >= 0.6 is 0 Å². The van der Waals surface area contributed by atoms with Gasteiger partial charge in [-0.1, -0.05) is 42.5 Å². The van der Waals surface area contributed by atoms with Gasteiger partial charge in [-0.25, -0.2) is 4.98 Å². The first kappa shape index (κ1) is 17.0. The second-order valence-electron chi connectivity index (χ2n) is 6.85. The molecule has 0 amide bonds. The monoisotopic (exact) mass is 375 g/mol. The van der Waals surface area contributed by atoms with E-state index in [0.29, 0.717) is 11.3 Å². The molecule has 4 heteroatoms. The minimum Gasteiger partial charge on any atom is -0.495 e. The van der Waals surface area contributed by atoms with E-state index in [1.165, 1.54) is 0 Å². The molecule has 0 spiro atoms. The highest BCUT2D eigenvalue weighted by Gasteiger charge is 2.11. The van der Waals surface area contributed by atoms with E-state index in [0.717, 1.165) is 38.6 Å². The average molecular weight is 375 g/mol. The number of hydrogen-bond acceptors (Lipinski definition) is 3. The van der Waals surface area contributed by atoms with Gasteiger partial charge in [0.25, 0.3) is 0 Å². The highest BCUT2D eigenvalue weighted by molar-refractivity contribution is 5.91. The Morgan fingerprint density at radius 1 is 0.897 bits per heavy atom. The summed E-state index contributed by atoms with van der Waals surface area (Å²) in [5.74, 6) is 0.589. The molecule has 5 rings (SSSR count). The maximum Gasteiger partial charge on any atom is 0.137 e. The molecule has 138 valence electrons. The highest BCUT2D eigenvalue weighted by atomic mass is 16.5. The number of hydrogen-bond donors (Lipinski definition) is 0. The summed E-state index contributed by atoms with van der Waals surface area (Å²) >= 11 is 0. The molecule has 0 unspecified atom stereocenters. The normalized spacial score (nSPS) is 10.9. The fourth-order valence-corrected chi connectivity index (χ4v) is 3.78. The predicted molar refractivity (Wildman–Crippen MR) is 115 cm³/mol. The summed E-state index contributed by atoms with van der Waals surface area (Å²) in [4.78, 5) is 4.54. The van der Waals surface area contributed by atoms with Crippen LogP contribution in [0.25, 0.3) is 38.6 Å². The van der Waals surface area contributed by atoms with Gasteiger partial charge in [-0.15, -0.1) is 0 Å². The molecule has 4 nitrogen and oxygen atoms in total. The van der Waals surface area contributed by atoms with Crippen LogP contribution in [0.2, 0.25) is 0 Å². The van der Waals surface area contributed by atoms with Gasteiger partial charge in [0.2, 0.25) is 0 Å². The standard InChI is InChI=1S/C25H17N3O/c1-29-25-14-19-13-18(11-10-17(19)12-20(25)15-26)21-6-2-4-8-23(21)28-16-27-22-7-3-5-9-24(22)28/h2-14,16H,1H3. The zero-order chi connectivity index (χ0) is 19.8. The van der Waals surface area contributed by atoms with Crippen molar-refractivity contribution in [1.29, 1.82) is 5.26 Å². The van der Waals surface area contributed by atoms with E-state index in [9.17, 15) is 5.26 Å². The van der Waals surface area contributed by atoms with Gasteiger partial charge in [-0.3, -0.25) is 4.57 Å². The third-order valence-corrected chi connectivity index (χ3v) is 5.21. The van der Waals surface area contributed by atoms with Gasteiger partial charge in [0.15, 0.2) is 0 Å². The van der Waals surface area contributed by atoms with E-state index >= 15 is 0 Å². The number of nitrogens with zero attached hydrogens (tertiary/aromatic N) is 3. The zero-order valence-electron chi connectivity index (χ0n) is 15.8. The topological polar surface area (TPSA) is 50.8 Å². The first-order chi connectivity index (χ1) is 14.3. The van der Waals surface area contributed by atoms with Crippen LogP contribution in [0.1, 0.15) is 5.56 Å². The molecular weight excluding hydrogens is 358 g/mol. The van der Waals surface area contributed by atoms with Crippen molar-refractivity contribution in [2.75, 3.05) is 7.11 Å². The quantitative estimate of drug-likeness (QED) is 0.405. The molecule has 4 aromatic carbocycles. The zero-order valence-corrected chi connectivity index (χ0v) is 15.8. The van der Waals surface area contributed by atoms with E-state index in [1.807, 2.05) is 54.9 Å². The molecule has 1 heterocycles. The smallest absolute Gasteiger partial charge is 0.137 e. The van der Waals surface area contributed by atoms with Gasteiger partial charge >= 0.3 is 0 Å². The first-order valence-electron chi connectivity index (χ1n) is 9.32. The Kier molecular flexibility index (Phi) is 4.00. The van der Waals surface area contributed by atoms with Crippen LogP contribution in [0.15, 0.2) is 85.2 Å². The van der Waals surface area contributed by atoms with Crippen LogP contribution in [-0.2, 0) is 0 Å². The summed E-state index contributed by atoms with van der Waals surface area (Å²) in [7, 11) is 1.59. The Balaban J connectivity index is 1.71. The van der Waals surface area contributed by atoms with Crippen molar-refractivity contribution >= 4 is 21.8 Å². The molecule has 0 atom stereocenters. The van der Waals surface area contributed by atoms with Crippen LogP contribution in [0, 0.1) is 11.3 Å². The maximum atomic E-state index is 9.33. The van der Waals surface area contributed by atoms with Crippen molar-refractivity contribution in [3.05, 3.63) is 90.8 Å². The van der Waals surface area contributed by atoms with Crippen LogP contribution in [-0.4, -0.2) is 16.7 Å². The summed E-state index contributed by atoms with van der Waals surface area (Å²) in [6.07, 6.45) is 1.87. The minimum atomic E-state index is 0.540. The van der Waals surface area contributed by atoms with Crippen molar-refractivity contribution in [3.8, 4) is 28.6 Å². The van der Waals surface area contributed by atoms with E-state index in [1.54, 1.807) is 7.11 Å². The highest BCUT2D eigenvalue weighted by Crippen LogP contribution is 2.33. The molecule has 0 N–H and O–H groups in total. The molecule has 1 aromatic heterocycles. The number of ether oxygens (including phenoxy) is 1. The second kappa shape index (κ2) is 6.81. The lowest BCUT2D eigenvalue weighted by molar-refractivity contribution is 0.414. The Morgan fingerprint density at radius 3 is 2.59 bits per heavy atom. The average Bonchev–Trinajstić information content (AvgIpc) is 3.21. The number of para-hydroxylation sites is 3. The van der Waals surface area contributed by atoms with Crippen molar-refractivity contribution < 1.29 is 4.74 Å². The summed E-state index contributed by atoms with van der Waals surface area (Å²) in [6.45, 7) is 0. The Hall–Kier alpha value is -4.10. The summed E-state index contributed by atoms with van der Waals surface area (Å²) < 4.78 is 7.51. The predicted octanol–water partition coefficient (Wildman–Crippen LogP) is 5.73. The van der Waals surface area contributed by atoms with Crippen LogP contribution in [0.5, 0.6) is 5.75 Å². The van der Waals surface area contributed by atoms with E-state index < -0.39 is 0 Å². The molecule has 0 saturated carbocycles. The molecular formula is C25H17N3O. The van der Waals surface area contributed by atoms with Gasteiger partial charge in [-0.05, 0) is 52.7 Å².